The summed E-state index contributed by atoms with van der Waals surface area (Å²) in [6, 6.07) is 0.787. The van der Waals surface area contributed by atoms with E-state index in [1.54, 1.807) is 14.2 Å². The number of ether oxygens (including phenoxy) is 1. The highest BCUT2D eigenvalue weighted by molar-refractivity contribution is 5.79. The standard InChI is InChI=1S/C13H28N4O/c1-14-13(16-9-11-18-3)15-8-10-17(2)12-6-4-5-7-12/h12H,4-11H2,1-3H3,(H2,14,15,16). The lowest BCUT2D eigenvalue weighted by Crippen LogP contribution is -2.43. The summed E-state index contributed by atoms with van der Waals surface area (Å²) in [6.45, 7) is 3.48. The lowest BCUT2D eigenvalue weighted by atomic mass is 10.2. The van der Waals surface area contributed by atoms with Gasteiger partial charge in [0.15, 0.2) is 5.96 Å². The van der Waals surface area contributed by atoms with Crippen LogP contribution >= 0.6 is 0 Å². The summed E-state index contributed by atoms with van der Waals surface area (Å²) in [6.07, 6.45) is 5.50. The fraction of sp³-hybridized carbons (Fsp3) is 0.923. The van der Waals surface area contributed by atoms with E-state index in [1.807, 2.05) is 0 Å². The zero-order chi connectivity index (χ0) is 13.2. The van der Waals surface area contributed by atoms with Crippen LogP contribution in [0.3, 0.4) is 0 Å². The smallest absolute Gasteiger partial charge is 0.191 e. The maximum atomic E-state index is 4.99. The van der Waals surface area contributed by atoms with E-state index in [2.05, 4.69) is 27.6 Å². The fourth-order valence-corrected chi connectivity index (χ4v) is 2.37. The third-order valence-corrected chi connectivity index (χ3v) is 3.53. The summed E-state index contributed by atoms with van der Waals surface area (Å²) in [4.78, 5) is 6.64. The molecule has 0 aromatic heterocycles. The lowest BCUT2D eigenvalue weighted by Gasteiger charge is -2.24. The average Bonchev–Trinajstić information content (AvgIpc) is 2.91. The predicted octanol–water partition coefficient (Wildman–Crippen LogP) is 0.672. The first-order valence-electron chi connectivity index (χ1n) is 6.91. The van der Waals surface area contributed by atoms with Gasteiger partial charge in [-0.1, -0.05) is 12.8 Å². The van der Waals surface area contributed by atoms with E-state index in [0.717, 1.165) is 31.6 Å². The zero-order valence-corrected chi connectivity index (χ0v) is 12.0. The van der Waals surface area contributed by atoms with Crippen LogP contribution in [-0.4, -0.2) is 64.3 Å². The molecule has 2 N–H and O–H groups in total. The van der Waals surface area contributed by atoms with E-state index in [1.165, 1.54) is 25.7 Å². The molecular formula is C13H28N4O. The topological polar surface area (TPSA) is 48.9 Å². The van der Waals surface area contributed by atoms with E-state index in [9.17, 15) is 0 Å². The monoisotopic (exact) mass is 256 g/mol. The average molecular weight is 256 g/mol. The number of nitrogens with one attached hydrogen (secondary N) is 2. The van der Waals surface area contributed by atoms with Crippen molar-refractivity contribution in [2.75, 3.05) is 47.4 Å². The van der Waals surface area contributed by atoms with Crippen LogP contribution < -0.4 is 10.6 Å². The van der Waals surface area contributed by atoms with Crippen molar-refractivity contribution in [3.63, 3.8) is 0 Å². The van der Waals surface area contributed by atoms with Gasteiger partial charge in [-0.05, 0) is 19.9 Å². The van der Waals surface area contributed by atoms with Crippen LogP contribution in [-0.2, 0) is 4.74 Å². The van der Waals surface area contributed by atoms with Crippen LogP contribution in [0.5, 0.6) is 0 Å². The Bertz CT molecular complexity index is 239. The van der Waals surface area contributed by atoms with Crippen LogP contribution in [0.2, 0.25) is 0 Å². The van der Waals surface area contributed by atoms with E-state index in [-0.39, 0.29) is 0 Å². The highest BCUT2D eigenvalue weighted by Crippen LogP contribution is 2.21. The summed E-state index contributed by atoms with van der Waals surface area (Å²) in [5.74, 6) is 0.854. The Labute approximate surface area is 111 Å². The molecule has 0 amide bonds. The van der Waals surface area contributed by atoms with Gasteiger partial charge in [-0.3, -0.25) is 4.99 Å². The molecule has 0 heterocycles. The number of methoxy groups -OCH3 is 1. The second kappa shape index (κ2) is 9.16. The third-order valence-electron chi connectivity index (χ3n) is 3.53. The number of hydrogen-bond acceptors (Lipinski definition) is 3. The fourth-order valence-electron chi connectivity index (χ4n) is 2.37. The van der Waals surface area contributed by atoms with Gasteiger partial charge in [0.25, 0.3) is 0 Å². The molecule has 0 saturated heterocycles. The molecule has 0 aliphatic heterocycles. The number of likely N-dealkylation sites (N-methyl/N-ethyl adjacent to an activating group) is 1. The van der Waals surface area contributed by atoms with E-state index < -0.39 is 0 Å². The van der Waals surface area contributed by atoms with E-state index in [4.69, 9.17) is 4.74 Å². The van der Waals surface area contributed by atoms with Crippen LogP contribution in [0.25, 0.3) is 0 Å². The molecule has 1 saturated carbocycles. The van der Waals surface area contributed by atoms with Crippen molar-refractivity contribution in [1.82, 2.24) is 15.5 Å². The number of aliphatic imine (C=N–C) groups is 1. The second-order valence-corrected chi connectivity index (χ2v) is 4.84. The van der Waals surface area contributed by atoms with E-state index in [0.29, 0.717) is 6.61 Å². The number of guanidine groups is 1. The number of hydrogen-bond donors (Lipinski definition) is 2. The molecule has 1 fully saturated rings. The van der Waals surface area contributed by atoms with Gasteiger partial charge in [0, 0.05) is 39.8 Å². The Morgan fingerprint density at radius 1 is 1.28 bits per heavy atom. The Balaban J connectivity index is 2.10. The first-order valence-corrected chi connectivity index (χ1v) is 6.91. The first-order chi connectivity index (χ1) is 8.77. The molecule has 0 aromatic carbocycles. The molecule has 1 rings (SSSR count). The summed E-state index contributed by atoms with van der Waals surface area (Å²) >= 11 is 0. The highest BCUT2D eigenvalue weighted by atomic mass is 16.5. The van der Waals surface area contributed by atoms with Gasteiger partial charge in [-0.25, -0.2) is 0 Å². The van der Waals surface area contributed by atoms with Crippen LogP contribution in [0.1, 0.15) is 25.7 Å². The predicted molar refractivity (Wildman–Crippen MR) is 76.1 cm³/mol. The van der Waals surface area contributed by atoms with Gasteiger partial charge >= 0.3 is 0 Å². The maximum Gasteiger partial charge on any atom is 0.191 e. The van der Waals surface area contributed by atoms with Gasteiger partial charge in [0.05, 0.1) is 6.61 Å². The normalized spacial score (nSPS) is 17.4. The van der Waals surface area contributed by atoms with Crippen molar-refractivity contribution >= 4 is 5.96 Å². The van der Waals surface area contributed by atoms with Crippen molar-refractivity contribution in [2.45, 2.75) is 31.7 Å². The molecule has 0 aromatic rings. The van der Waals surface area contributed by atoms with Crippen molar-refractivity contribution in [2.24, 2.45) is 4.99 Å². The van der Waals surface area contributed by atoms with Crippen molar-refractivity contribution < 1.29 is 4.74 Å². The molecule has 0 atom stereocenters. The SMILES string of the molecule is CN=C(NCCOC)NCCN(C)C1CCCC1. The Hall–Kier alpha value is -0.810. The molecule has 1 aliphatic carbocycles. The number of nitrogens with zero attached hydrogens (tertiary/aromatic N) is 2. The molecule has 5 heteroatoms. The molecule has 5 nitrogen and oxygen atoms in total. The minimum Gasteiger partial charge on any atom is -0.383 e. The minimum absolute atomic E-state index is 0.697. The van der Waals surface area contributed by atoms with Crippen molar-refractivity contribution in [1.29, 1.82) is 0 Å². The van der Waals surface area contributed by atoms with Crippen LogP contribution in [0.4, 0.5) is 0 Å². The molecule has 106 valence electrons. The molecule has 1 aliphatic rings. The Morgan fingerprint density at radius 2 is 1.94 bits per heavy atom. The summed E-state index contributed by atoms with van der Waals surface area (Å²) in [5.41, 5.74) is 0. The summed E-state index contributed by atoms with van der Waals surface area (Å²) in [5, 5.41) is 6.53. The molecule has 0 spiro atoms. The van der Waals surface area contributed by atoms with E-state index >= 15 is 0 Å². The lowest BCUT2D eigenvalue weighted by molar-refractivity contribution is 0.203. The highest BCUT2D eigenvalue weighted by Gasteiger charge is 2.18. The molecular weight excluding hydrogens is 228 g/mol. The third kappa shape index (κ3) is 5.69. The number of rotatable bonds is 7. The van der Waals surface area contributed by atoms with Crippen LogP contribution in [0.15, 0.2) is 4.99 Å². The van der Waals surface area contributed by atoms with Crippen molar-refractivity contribution in [3.8, 4) is 0 Å². The Morgan fingerprint density at radius 3 is 2.56 bits per heavy atom. The molecule has 0 radical (unpaired) electrons. The quantitative estimate of drug-likeness (QED) is 0.399. The van der Waals surface area contributed by atoms with Gasteiger partial charge in [0.2, 0.25) is 0 Å². The second-order valence-electron chi connectivity index (χ2n) is 4.84. The van der Waals surface area contributed by atoms with Crippen LogP contribution in [0, 0.1) is 0 Å². The Kier molecular flexibility index (Phi) is 7.76. The zero-order valence-electron chi connectivity index (χ0n) is 12.0. The minimum atomic E-state index is 0.697. The first kappa shape index (κ1) is 15.2. The maximum absolute atomic E-state index is 4.99. The van der Waals surface area contributed by atoms with Gasteiger partial charge in [0.1, 0.15) is 0 Å². The molecule has 0 unspecified atom stereocenters. The summed E-state index contributed by atoms with van der Waals surface area (Å²) < 4.78 is 4.99. The molecule has 18 heavy (non-hydrogen) atoms. The van der Waals surface area contributed by atoms with Gasteiger partial charge in [-0.2, -0.15) is 0 Å². The van der Waals surface area contributed by atoms with Crippen molar-refractivity contribution in [3.05, 3.63) is 0 Å². The molecule has 0 bridgehead atoms. The summed E-state index contributed by atoms with van der Waals surface area (Å²) in [7, 11) is 5.72. The van der Waals surface area contributed by atoms with Gasteiger partial charge in [-0.15, -0.1) is 0 Å². The largest absolute Gasteiger partial charge is 0.383 e. The van der Waals surface area contributed by atoms with Gasteiger partial charge < -0.3 is 20.3 Å².